The average Bonchev–Trinajstić information content (AvgIpc) is 2.68. The SMILES string of the molecule is BrCCC1CCN(Cc2ccccn2)C1. The Morgan fingerprint density at radius 2 is 2.40 bits per heavy atom. The highest BCUT2D eigenvalue weighted by Gasteiger charge is 2.21. The molecule has 1 atom stereocenters. The lowest BCUT2D eigenvalue weighted by molar-refractivity contribution is 0.312. The molecule has 1 unspecified atom stereocenters. The zero-order valence-electron chi connectivity index (χ0n) is 8.90. The molecule has 1 fully saturated rings. The van der Waals surface area contributed by atoms with Crippen molar-refractivity contribution in [3.05, 3.63) is 30.1 Å². The molecule has 0 aromatic carbocycles. The summed E-state index contributed by atoms with van der Waals surface area (Å²) < 4.78 is 0. The van der Waals surface area contributed by atoms with Gasteiger partial charge >= 0.3 is 0 Å². The first-order chi connectivity index (χ1) is 7.38. The molecule has 0 amide bonds. The van der Waals surface area contributed by atoms with Crippen molar-refractivity contribution in [2.45, 2.75) is 19.4 Å². The van der Waals surface area contributed by atoms with E-state index in [2.05, 4.69) is 37.9 Å². The second-order valence-electron chi connectivity index (χ2n) is 4.19. The Morgan fingerprint density at radius 1 is 1.47 bits per heavy atom. The number of rotatable bonds is 4. The third-order valence-corrected chi connectivity index (χ3v) is 3.46. The van der Waals surface area contributed by atoms with Gasteiger partial charge < -0.3 is 0 Å². The molecule has 0 bridgehead atoms. The van der Waals surface area contributed by atoms with E-state index in [1.807, 2.05) is 12.3 Å². The smallest absolute Gasteiger partial charge is 0.0543 e. The fourth-order valence-electron chi connectivity index (χ4n) is 2.17. The van der Waals surface area contributed by atoms with Crippen LogP contribution < -0.4 is 0 Å². The van der Waals surface area contributed by atoms with E-state index in [9.17, 15) is 0 Å². The van der Waals surface area contributed by atoms with Gasteiger partial charge in [0, 0.05) is 24.6 Å². The van der Waals surface area contributed by atoms with Crippen LogP contribution in [0.25, 0.3) is 0 Å². The van der Waals surface area contributed by atoms with Gasteiger partial charge in [0.05, 0.1) is 5.69 Å². The first-order valence-electron chi connectivity index (χ1n) is 5.56. The topological polar surface area (TPSA) is 16.1 Å². The minimum Gasteiger partial charge on any atom is -0.297 e. The van der Waals surface area contributed by atoms with Gasteiger partial charge in [-0.25, -0.2) is 0 Å². The van der Waals surface area contributed by atoms with Crippen LogP contribution in [0, 0.1) is 5.92 Å². The van der Waals surface area contributed by atoms with Crippen LogP contribution >= 0.6 is 15.9 Å². The fraction of sp³-hybridized carbons (Fsp3) is 0.583. The highest BCUT2D eigenvalue weighted by molar-refractivity contribution is 9.09. The molecule has 1 aliphatic rings. The van der Waals surface area contributed by atoms with E-state index in [0.29, 0.717) is 0 Å². The van der Waals surface area contributed by atoms with Gasteiger partial charge in [-0.3, -0.25) is 9.88 Å². The lowest BCUT2D eigenvalue weighted by atomic mass is 10.1. The van der Waals surface area contributed by atoms with Crippen LogP contribution in [0.2, 0.25) is 0 Å². The summed E-state index contributed by atoms with van der Waals surface area (Å²) in [4.78, 5) is 6.87. The normalized spacial score (nSPS) is 22.1. The van der Waals surface area contributed by atoms with Gasteiger partial charge in [0.2, 0.25) is 0 Å². The number of hydrogen-bond acceptors (Lipinski definition) is 2. The lowest BCUT2D eigenvalue weighted by Crippen LogP contribution is -2.20. The van der Waals surface area contributed by atoms with Gasteiger partial charge in [-0.2, -0.15) is 0 Å². The van der Waals surface area contributed by atoms with Crippen molar-refractivity contribution in [1.29, 1.82) is 0 Å². The first-order valence-corrected chi connectivity index (χ1v) is 6.69. The number of nitrogens with zero attached hydrogens (tertiary/aromatic N) is 2. The minimum atomic E-state index is 0.882. The molecule has 2 nitrogen and oxygen atoms in total. The summed E-state index contributed by atoms with van der Waals surface area (Å²) in [6.07, 6.45) is 4.53. The standard InChI is InChI=1S/C12H17BrN2/c13-6-4-11-5-8-15(9-11)10-12-3-1-2-7-14-12/h1-3,7,11H,4-6,8-10H2. The largest absolute Gasteiger partial charge is 0.297 e. The summed E-state index contributed by atoms with van der Waals surface area (Å²) in [5, 5.41) is 1.13. The Kier molecular flexibility index (Phi) is 4.15. The molecule has 1 saturated heterocycles. The van der Waals surface area contributed by atoms with E-state index in [-0.39, 0.29) is 0 Å². The molecule has 0 saturated carbocycles. The highest BCUT2D eigenvalue weighted by atomic mass is 79.9. The van der Waals surface area contributed by atoms with Gasteiger partial charge in [-0.05, 0) is 37.4 Å². The molecular formula is C12H17BrN2. The third kappa shape index (κ3) is 3.28. The van der Waals surface area contributed by atoms with Crippen molar-refractivity contribution in [3.63, 3.8) is 0 Å². The summed E-state index contributed by atoms with van der Waals surface area (Å²) in [6.45, 7) is 3.48. The number of alkyl halides is 1. The summed E-state index contributed by atoms with van der Waals surface area (Å²) in [6, 6.07) is 6.15. The Hall–Kier alpha value is -0.410. The molecule has 2 heterocycles. The minimum absolute atomic E-state index is 0.882. The van der Waals surface area contributed by atoms with Crippen LogP contribution in [0.3, 0.4) is 0 Å². The number of halogens is 1. The number of pyridine rings is 1. The number of aromatic nitrogens is 1. The van der Waals surface area contributed by atoms with E-state index in [4.69, 9.17) is 0 Å². The summed E-state index contributed by atoms with van der Waals surface area (Å²) in [5.41, 5.74) is 1.19. The quantitative estimate of drug-likeness (QED) is 0.781. The van der Waals surface area contributed by atoms with Crippen molar-refractivity contribution in [1.82, 2.24) is 9.88 Å². The van der Waals surface area contributed by atoms with Crippen LogP contribution in [0.5, 0.6) is 0 Å². The molecule has 2 rings (SSSR count). The van der Waals surface area contributed by atoms with Gasteiger partial charge in [0.15, 0.2) is 0 Å². The molecule has 1 aromatic rings. The van der Waals surface area contributed by atoms with Gasteiger partial charge in [0.25, 0.3) is 0 Å². The zero-order valence-corrected chi connectivity index (χ0v) is 10.5. The van der Waals surface area contributed by atoms with Crippen molar-refractivity contribution in [3.8, 4) is 0 Å². The van der Waals surface area contributed by atoms with Crippen LogP contribution in [0.4, 0.5) is 0 Å². The molecule has 1 aliphatic heterocycles. The molecular weight excluding hydrogens is 252 g/mol. The van der Waals surface area contributed by atoms with Crippen molar-refractivity contribution >= 4 is 15.9 Å². The Labute approximate surface area is 99.8 Å². The van der Waals surface area contributed by atoms with Crippen molar-refractivity contribution < 1.29 is 0 Å². The molecule has 0 aliphatic carbocycles. The summed E-state index contributed by atoms with van der Waals surface area (Å²) >= 11 is 3.52. The van der Waals surface area contributed by atoms with E-state index in [1.54, 1.807) is 0 Å². The van der Waals surface area contributed by atoms with Crippen molar-refractivity contribution in [2.24, 2.45) is 5.92 Å². The van der Waals surface area contributed by atoms with E-state index in [0.717, 1.165) is 17.8 Å². The second kappa shape index (κ2) is 5.61. The van der Waals surface area contributed by atoms with Gasteiger partial charge in [0.1, 0.15) is 0 Å². The maximum absolute atomic E-state index is 4.36. The van der Waals surface area contributed by atoms with Crippen molar-refractivity contribution in [2.75, 3.05) is 18.4 Å². The van der Waals surface area contributed by atoms with Crippen LogP contribution in [0.15, 0.2) is 24.4 Å². The Morgan fingerprint density at radius 3 is 3.13 bits per heavy atom. The maximum Gasteiger partial charge on any atom is 0.0543 e. The molecule has 3 heteroatoms. The van der Waals surface area contributed by atoms with Crippen LogP contribution in [-0.2, 0) is 6.54 Å². The molecule has 0 N–H and O–H groups in total. The monoisotopic (exact) mass is 268 g/mol. The number of likely N-dealkylation sites (tertiary alicyclic amines) is 1. The molecule has 82 valence electrons. The summed E-state index contributed by atoms with van der Waals surface area (Å²) in [7, 11) is 0. The van der Waals surface area contributed by atoms with Gasteiger partial charge in [-0.1, -0.05) is 22.0 Å². The lowest BCUT2D eigenvalue weighted by Gasteiger charge is -2.14. The van der Waals surface area contributed by atoms with E-state index in [1.165, 1.54) is 31.6 Å². The molecule has 15 heavy (non-hydrogen) atoms. The Bertz CT molecular complexity index is 289. The number of hydrogen-bond donors (Lipinski definition) is 0. The molecule has 0 spiro atoms. The Balaban J connectivity index is 1.82. The van der Waals surface area contributed by atoms with Gasteiger partial charge in [-0.15, -0.1) is 0 Å². The molecule has 1 aromatic heterocycles. The average molecular weight is 269 g/mol. The predicted octanol–water partition coefficient (Wildman–Crippen LogP) is 2.69. The molecule has 0 radical (unpaired) electrons. The summed E-state index contributed by atoms with van der Waals surface area (Å²) in [5.74, 6) is 0.882. The zero-order chi connectivity index (χ0) is 10.5. The fourth-order valence-corrected chi connectivity index (χ4v) is 2.81. The van der Waals surface area contributed by atoms with Crippen LogP contribution in [-0.4, -0.2) is 28.3 Å². The third-order valence-electron chi connectivity index (χ3n) is 3.00. The maximum atomic E-state index is 4.36. The van der Waals surface area contributed by atoms with Crippen LogP contribution in [0.1, 0.15) is 18.5 Å². The van der Waals surface area contributed by atoms with E-state index < -0.39 is 0 Å². The van der Waals surface area contributed by atoms with E-state index >= 15 is 0 Å². The second-order valence-corrected chi connectivity index (χ2v) is 4.98. The first kappa shape index (κ1) is 11.1. The highest BCUT2D eigenvalue weighted by Crippen LogP contribution is 2.21. The predicted molar refractivity (Wildman–Crippen MR) is 66.0 cm³/mol.